The molecule has 0 amide bonds. The highest BCUT2D eigenvalue weighted by atomic mass is 16.5. The van der Waals surface area contributed by atoms with E-state index in [2.05, 4.69) is 46.8 Å². The van der Waals surface area contributed by atoms with Crippen LogP contribution in [0.4, 0.5) is 0 Å². The summed E-state index contributed by atoms with van der Waals surface area (Å²) < 4.78 is 5.98. The van der Waals surface area contributed by atoms with E-state index in [1.54, 1.807) is 5.57 Å². The van der Waals surface area contributed by atoms with Crippen LogP contribution in [-0.4, -0.2) is 12.1 Å². The predicted octanol–water partition coefficient (Wildman–Crippen LogP) is 9.17. The second kappa shape index (κ2) is 10.1. The summed E-state index contributed by atoms with van der Waals surface area (Å²) in [6.45, 7) is 12.4. The summed E-state index contributed by atoms with van der Waals surface area (Å²) in [5.74, 6) is 3.81. The van der Waals surface area contributed by atoms with E-state index in [-0.39, 0.29) is 17.5 Å². The van der Waals surface area contributed by atoms with Crippen molar-refractivity contribution in [2.24, 2.45) is 40.4 Å². The first-order valence-corrected chi connectivity index (χ1v) is 14.9. The number of hydrogen-bond donors (Lipinski definition) is 0. The maximum atomic E-state index is 12.7. The standard InChI is InChI=1S/C34H48O2/c1-23(2)10-9-11-24(3)29-16-17-30-28-15-14-26-22-27(36-32(35)25-12-7-6-8-13-25)18-20-33(26,4)31(28)19-21-34(29,30)5/h6-8,12-15,23-24,27,29-31H,9-11,16-22H2,1-5H3/t24-,27-,29-,30-,31+,33-,34+/m0/s1. The molecule has 2 heteroatoms. The summed E-state index contributed by atoms with van der Waals surface area (Å²) >= 11 is 0. The molecule has 0 heterocycles. The third-order valence-corrected chi connectivity index (χ3v) is 11.0. The van der Waals surface area contributed by atoms with Crippen molar-refractivity contribution in [3.8, 4) is 0 Å². The minimum absolute atomic E-state index is 0.00314. The average molecular weight is 489 g/mol. The molecule has 0 aliphatic heterocycles. The summed E-state index contributed by atoms with van der Waals surface area (Å²) in [7, 11) is 0. The number of benzene rings is 1. The van der Waals surface area contributed by atoms with Crippen LogP contribution in [0, 0.1) is 40.4 Å². The lowest BCUT2D eigenvalue weighted by atomic mass is 9.50. The Kier molecular flexibility index (Phi) is 7.27. The zero-order valence-corrected chi connectivity index (χ0v) is 23.4. The number of ether oxygens (including phenoxy) is 1. The lowest BCUT2D eigenvalue weighted by Crippen LogP contribution is -2.46. The Morgan fingerprint density at radius 2 is 1.72 bits per heavy atom. The number of rotatable bonds is 7. The van der Waals surface area contributed by atoms with Crippen molar-refractivity contribution < 1.29 is 9.53 Å². The van der Waals surface area contributed by atoms with Crippen LogP contribution in [0.25, 0.3) is 0 Å². The van der Waals surface area contributed by atoms with Crippen LogP contribution in [0.3, 0.4) is 0 Å². The molecule has 0 radical (unpaired) electrons. The van der Waals surface area contributed by atoms with E-state index in [1.165, 1.54) is 50.5 Å². The molecule has 3 saturated carbocycles. The lowest BCUT2D eigenvalue weighted by molar-refractivity contribution is 0.00572. The van der Waals surface area contributed by atoms with E-state index in [0.717, 1.165) is 42.9 Å². The van der Waals surface area contributed by atoms with Gasteiger partial charge in [-0.15, -0.1) is 0 Å². The quantitative estimate of drug-likeness (QED) is 0.358. The molecule has 3 fully saturated rings. The third kappa shape index (κ3) is 4.63. The van der Waals surface area contributed by atoms with Crippen LogP contribution < -0.4 is 0 Å². The number of allylic oxidation sites excluding steroid dienone is 3. The van der Waals surface area contributed by atoms with Gasteiger partial charge in [0.1, 0.15) is 6.10 Å². The van der Waals surface area contributed by atoms with Crippen molar-refractivity contribution in [2.75, 3.05) is 0 Å². The van der Waals surface area contributed by atoms with Gasteiger partial charge in [-0.2, -0.15) is 0 Å². The molecular formula is C34H48O2. The minimum Gasteiger partial charge on any atom is -0.458 e. The van der Waals surface area contributed by atoms with Crippen LogP contribution in [0.2, 0.25) is 0 Å². The Bertz CT molecular complexity index is 1000. The topological polar surface area (TPSA) is 26.3 Å². The van der Waals surface area contributed by atoms with Crippen LogP contribution in [0.15, 0.2) is 53.6 Å². The smallest absolute Gasteiger partial charge is 0.338 e. The molecule has 4 aliphatic rings. The molecule has 1 aromatic rings. The Labute approximate surface area is 220 Å². The molecule has 1 aromatic carbocycles. The molecule has 196 valence electrons. The van der Waals surface area contributed by atoms with E-state index in [9.17, 15) is 4.79 Å². The summed E-state index contributed by atoms with van der Waals surface area (Å²) in [6, 6.07) is 9.45. The molecule has 0 bridgehead atoms. The fourth-order valence-corrected chi connectivity index (χ4v) is 8.89. The molecular weight excluding hydrogens is 440 g/mol. The van der Waals surface area contributed by atoms with E-state index in [1.807, 2.05) is 30.3 Å². The van der Waals surface area contributed by atoms with Gasteiger partial charge in [-0.1, -0.05) is 95.4 Å². The minimum atomic E-state index is -0.176. The molecule has 7 atom stereocenters. The van der Waals surface area contributed by atoms with Gasteiger partial charge in [-0.05, 0) is 91.1 Å². The van der Waals surface area contributed by atoms with E-state index in [0.29, 0.717) is 16.9 Å². The van der Waals surface area contributed by atoms with Gasteiger partial charge in [0.05, 0.1) is 5.56 Å². The molecule has 2 nitrogen and oxygen atoms in total. The molecule has 36 heavy (non-hydrogen) atoms. The monoisotopic (exact) mass is 488 g/mol. The van der Waals surface area contributed by atoms with Crippen LogP contribution >= 0.6 is 0 Å². The SMILES string of the molecule is CC(C)CCC[C@H](C)[C@@H]1CC[C@H]2C3=CC=C4C[C@@H](OC(=O)c5ccccc5)CC[C@]4(C)[C@@H]3CC[C@@]21C. The number of carbonyl (C=O) groups excluding carboxylic acids is 1. The molecule has 0 aromatic heterocycles. The predicted molar refractivity (Wildman–Crippen MR) is 149 cm³/mol. The molecule has 0 saturated heterocycles. The fraction of sp³-hybridized carbons (Fsp3) is 0.676. The van der Waals surface area contributed by atoms with Crippen LogP contribution in [0.1, 0.15) is 109 Å². The summed E-state index contributed by atoms with van der Waals surface area (Å²) in [5, 5.41) is 0. The van der Waals surface area contributed by atoms with E-state index < -0.39 is 0 Å². The van der Waals surface area contributed by atoms with Gasteiger partial charge in [-0.25, -0.2) is 4.79 Å². The summed E-state index contributed by atoms with van der Waals surface area (Å²) in [5.41, 5.74) is 4.66. The van der Waals surface area contributed by atoms with Gasteiger partial charge in [0.2, 0.25) is 0 Å². The third-order valence-electron chi connectivity index (χ3n) is 11.0. The number of carbonyl (C=O) groups is 1. The van der Waals surface area contributed by atoms with Gasteiger partial charge in [0.15, 0.2) is 0 Å². The Hall–Kier alpha value is -1.83. The highest BCUT2D eigenvalue weighted by Gasteiger charge is 2.57. The van der Waals surface area contributed by atoms with Gasteiger partial charge in [0.25, 0.3) is 0 Å². The Morgan fingerprint density at radius 1 is 0.944 bits per heavy atom. The van der Waals surface area contributed by atoms with E-state index >= 15 is 0 Å². The first-order chi connectivity index (χ1) is 17.2. The van der Waals surface area contributed by atoms with Crippen molar-refractivity contribution >= 4 is 5.97 Å². The van der Waals surface area contributed by atoms with Crippen molar-refractivity contribution in [2.45, 2.75) is 105 Å². The number of hydrogen-bond acceptors (Lipinski definition) is 2. The van der Waals surface area contributed by atoms with Crippen molar-refractivity contribution in [3.05, 3.63) is 59.2 Å². The fourth-order valence-electron chi connectivity index (χ4n) is 8.89. The highest BCUT2D eigenvalue weighted by molar-refractivity contribution is 5.89. The van der Waals surface area contributed by atoms with Gasteiger partial charge in [0, 0.05) is 6.42 Å². The average Bonchev–Trinajstić information content (AvgIpc) is 3.22. The summed E-state index contributed by atoms with van der Waals surface area (Å²) in [4.78, 5) is 12.7. The van der Waals surface area contributed by atoms with Crippen LogP contribution in [0.5, 0.6) is 0 Å². The van der Waals surface area contributed by atoms with Crippen molar-refractivity contribution in [3.63, 3.8) is 0 Å². The Morgan fingerprint density at radius 3 is 2.47 bits per heavy atom. The zero-order chi connectivity index (χ0) is 25.5. The molecule has 0 N–H and O–H groups in total. The van der Waals surface area contributed by atoms with Crippen molar-refractivity contribution in [1.29, 1.82) is 0 Å². The van der Waals surface area contributed by atoms with Gasteiger partial charge >= 0.3 is 5.97 Å². The second-order valence-corrected chi connectivity index (χ2v) is 13.5. The maximum absolute atomic E-state index is 12.7. The lowest BCUT2D eigenvalue weighted by Gasteiger charge is -2.55. The first kappa shape index (κ1) is 25.8. The highest BCUT2D eigenvalue weighted by Crippen LogP contribution is 2.66. The first-order valence-electron chi connectivity index (χ1n) is 14.9. The second-order valence-electron chi connectivity index (χ2n) is 13.5. The maximum Gasteiger partial charge on any atom is 0.338 e. The number of esters is 1. The van der Waals surface area contributed by atoms with Crippen LogP contribution in [-0.2, 0) is 4.74 Å². The Balaban J connectivity index is 1.29. The van der Waals surface area contributed by atoms with Gasteiger partial charge < -0.3 is 4.74 Å². The number of fused-ring (bicyclic) bond motifs is 5. The molecule has 4 aliphatic carbocycles. The van der Waals surface area contributed by atoms with Crippen molar-refractivity contribution in [1.82, 2.24) is 0 Å². The normalized spacial score (nSPS) is 36.3. The van der Waals surface area contributed by atoms with Gasteiger partial charge in [-0.3, -0.25) is 0 Å². The largest absolute Gasteiger partial charge is 0.458 e. The molecule has 0 unspecified atom stereocenters. The molecule has 0 spiro atoms. The van der Waals surface area contributed by atoms with E-state index in [4.69, 9.17) is 4.74 Å². The molecule has 5 rings (SSSR count). The summed E-state index contributed by atoms with van der Waals surface area (Å²) in [6.07, 6.45) is 17.7. The zero-order valence-electron chi connectivity index (χ0n) is 23.4.